The van der Waals surface area contributed by atoms with Crippen LogP contribution >= 0.6 is 11.6 Å². The molecule has 2 saturated heterocycles. The molecule has 33 heavy (non-hydrogen) atoms. The third kappa shape index (κ3) is 5.93. The fourth-order valence-electron chi connectivity index (χ4n) is 4.77. The first-order valence-corrected chi connectivity index (χ1v) is 11.9. The molecule has 0 bridgehead atoms. The molecule has 1 saturated carbocycles. The van der Waals surface area contributed by atoms with Crippen molar-refractivity contribution in [1.29, 1.82) is 0 Å². The van der Waals surface area contributed by atoms with E-state index >= 15 is 0 Å². The number of benzene rings is 1. The Kier molecular flexibility index (Phi) is 7.38. The Morgan fingerprint density at radius 2 is 2.00 bits per heavy atom. The highest BCUT2D eigenvalue weighted by atomic mass is 35.5. The van der Waals surface area contributed by atoms with Gasteiger partial charge in [-0.25, -0.2) is 4.39 Å². The lowest BCUT2D eigenvalue weighted by Crippen LogP contribution is -2.49. The average molecular weight is 480 g/mol. The van der Waals surface area contributed by atoms with Crippen LogP contribution in [0.25, 0.3) is 6.08 Å². The largest absolute Gasteiger partial charge is 0.391 e. The van der Waals surface area contributed by atoms with Gasteiger partial charge in [-0.1, -0.05) is 17.7 Å². The molecule has 180 valence electrons. The standard InChI is InChI=1S/C24H31ClFN3O4/c25-19-13-17(1-3-20(19)26)2-4-22(32)28-9-5-23(33)29(12-11-28)15-18(30)14-27-10-8-24(6-7-24)21(31)16-27/h1-4,13,18,21,30-31H,5-12,14-16H2/t18?,21-/m1/s1. The van der Waals surface area contributed by atoms with Gasteiger partial charge in [0.15, 0.2) is 0 Å². The van der Waals surface area contributed by atoms with Crippen LogP contribution in [0.1, 0.15) is 31.2 Å². The highest BCUT2D eigenvalue weighted by Gasteiger charge is 2.51. The number of aliphatic hydroxyl groups excluding tert-OH is 2. The minimum absolute atomic E-state index is 0.00900. The summed E-state index contributed by atoms with van der Waals surface area (Å²) in [4.78, 5) is 30.4. The molecule has 3 fully saturated rings. The SMILES string of the molecule is O=C(C=Cc1ccc(F)c(Cl)c1)N1CCC(=O)N(CC(O)CN2CCC3(CC3)[C@H](O)C2)CC1. The van der Waals surface area contributed by atoms with Gasteiger partial charge in [0.1, 0.15) is 5.82 Å². The molecule has 2 N–H and O–H groups in total. The highest BCUT2D eigenvalue weighted by molar-refractivity contribution is 6.30. The van der Waals surface area contributed by atoms with E-state index in [2.05, 4.69) is 4.90 Å². The summed E-state index contributed by atoms with van der Waals surface area (Å²) < 4.78 is 13.3. The first kappa shape index (κ1) is 24.1. The fraction of sp³-hybridized carbons (Fsp3) is 0.583. The zero-order chi connectivity index (χ0) is 23.6. The number of carbonyl (C=O) groups excluding carboxylic acids is 2. The smallest absolute Gasteiger partial charge is 0.246 e. The normalized spacial score (nSPS) is 24.4. The fourth-order valence-corrected chi connectivity index (χ4v) is 4.95. The first-order chi connectivity index (χ1) is 15.8. The van der Waals surface area contributed by atoms with Crippen LogP contribution in [0.5, 0.6) is 0 Å². The number of nitrogens with zero attached hydrogens (tertiary/aromatic N) is 3. The van der Waals surface area contributed by atoms with Crippen molar-refractivity contribution in [2.24, 2.45) is 5.41 Å². The maximum absolute atomic E-state index is 13.3. The number of rotatable bonds is 6. The molecule has 0 aromatic heterocycles. The third-order valence-electron chi connectivity index (χ3n) is 7.12. The Labute approximate surface area is 198 Å². The molecule has 1 aromatic carbocycles. The second-order valence-electron chi connectivity index (χ2n) is 9.46. The number of piperidine rings is 1. The summed E-state index contributed by atoms with van der Waals surface area (Å²) in [7, 11) is 0. The van der Waals surface area contributed by atoms with E-state index in [1.165, 1.54) is 24.3 Å². The predicted molar refractivity (Wildman–Crippen MR) is 123 cm³/mol. The molecule has 1 aliphatic carbocycles. The molecule has 2 atom stereocenters. The zero-order valence-corrected chi connectivity index (χ0v) is 19.4. The summed E-state index contributed by atoms with van der Waals surface area (Å²) in [5, 5.41) is 20.9. The molecule has 2 heterocycles. The van der Waals surface area contributed by atoms with Crippen molar-refractivity contribution in [3.63, 3.8) is 0 Å². The van der Waals surface area contributed by atoms with Gasteiger partial charge in [-0.2, -0.15) is 0 Å². The molecule has 0 radical (unpaired) electrons. The van der Waals surface area contributed by atoms with Crippen LogP contribution in [0.3, 0.4) is 0 Å². The second-order valence-corrected chi connectivity index (χ2v) is 9.87. The van der Waals surface area contributed by atoms with Crippen LogP contribution in [-0.2, 0) is 9.59 Å². The summed E-state index contributed by atoms with van der Waals surface area (Å²) in [5.74, 6) is -0.840. The Morgan fingerprint density at radius 1 is 1.21 bits per heavy atom. The molecule has 2 amide bonds. The van der Waals surface area contributed by atoms with E-state index in [1.54, 1.807) is 15.9 Å². The molecular weight excluding hydrogens is 449 g/mol. The monoisotopic (exact) mass is 479 g/mol. The number of likely N-dealkylation sites (tertiary alicyclic amines) is 1. The summed E-state index contributed by atoms with van der Waals surface area (Å²) in [6.07, 6.45) is 5.26. The van der Waals surface area contributed by atoms with Gasteiger partial charge in [0.25, 0.3) is 0 Å². The molecule has 4 rings (SSSR count). The van der Waals surface area contributed by atoms with Crippen LogP contribution in [-0.4, -0.2) is 94.7 Å². The van der Waals surface area contributed by atoms with Gasteiger partial charge in [0.05, 0.1) is 17.2 Å². The average Bonchev–Trinajstić information content (AvgIpc) is 3.58. The van der Waals surface area contributed by atoms with Crippen molar-refractivity contribution in [1.82, 2.24) is 14.7 Å². The number of hydrogen-bond donors (Lipinski definition) is 2. The third-order valence-corrected chi connectivity index (χ3v) is 7.41. The number of β-amino-alcohol motifs (C(OH)–C–C–N with tert-alkyl or cyclic N) is 2. The minimum atomic E-state index is -0.709. The van der Waals surface area contributed by atoms with E-state index in [9.17, 15) is 24.2 Å². The van der Waals surface area contributed by atoms with Crippen molar-refractivity contribution in [2.75, 3.05) is 45.8 Å². The summed E-state index contributed by atoms with van der Waals surface area (Å²) in [5.41, 5.74) is 0.733. The van der Waals surface area contributed by atoms with Crippen LogP contribution in [0.4, 0.5) is 4.39 Å². The lowest BCUT2D eigenvalue weighted by Gasteiger charge is -2.37. The Hall–Kier alpha value is -2.00. The van der Waals surface area contributed by atoms with Crippen molar-refractivity contribution in [3.05, 3.63) is 40.7 Å². The minimum Gasteiger partial charge on any atom is -0.391 e. The van der Waals surface area contributed by atoms with E-state index in [-0.39, 0.29) is 41.3 Å². The van der Waals surface area contributed by atoms with Crippen molar-refractivity contribution in [2.45, 2.75) is 37.9 Å². The maximum Gasteiger partial charge on any atom is 0.246 e. The lowest BCUT2D eigenvalue weighted by molar-refractivity contribution is -0.132. The van der Waals surface area contributed by atoms with Crippen LogP contribution < -0.4 is 0 Å². The van der Waals surface area contributed by atoms with Gasteiger partial charge < -0.3 is 20.0 Å². The van der Waals surface area contributed by atoms with Crippen LogP contribution in [0, 0.1) is 11.2 Å². The second kappa shape index (κ2) is 10.1. The maximum atomic E-state index is 13.3. The summed E-state index contributed by atoms with van der Waals surface area (Å²) >= 11 is 5.77. The number of halogens is 2. The van der Waals surface area contributed by atoms with Gasteiger partial charge in [-0.15, -0.1) is 0 Å². The van der Waals surface area contributed by atoms with Crippen molar-refractivity contribution >= 4 is 29.5 Å². The molecule has 2 aliphatic heterocycles. The summed E-state index contributed by atoms with van der Waals surface area (Å²) in [6, 6.07) is 4.22. The molecule has 1 unspecified atom stereocenters. The van der Waals surface area contributed by atoms with E-state index in [4.69, 9.17) is 11.6 Å². The van der Waals surface area contributed by atoms with Crippen LogP contribution in [0.2, 0.25) is 5.02 Å². The quantitative estimate of drug-likeness (QED) is 0.607. The van der Waals surface area contributed by atoms with E-state index in [0.717, 1.165) is 25.8 Å². The van der Waals surface area contributed by atoms with Gasteiger partial charge in [-0.05, 0) is 55.0 Å². The Bertz CT molecular complexity index is 923. The molecule has 1 spiro atoms. The van der Waals surface area contributed by atoms with E-state index < -0.39 is 11.9 Å². The molecule has 3 aliphatic rings. The Balaban J connectivity index is 1.26. The van der Waals surface area contributed by atoms with Gasteiger partial charge in [0, 0.05) is 51.8 Å². The number of aliphatic hydroxyl groups is 2. The number of carbonyl (C=O) groups is 2. The first-order valence-electron chi connectivity index (χ1n) is 11.5. The van der Waals surface area contributed by atoms with E-state index in [0.29, 0.717) is 38.3 Å². The number of amides is 2. The van der Waals surface area contributed by atoms with Crippen molar-refractivity contribution < 1.29 is 24.2 Å². The van der Waals surface area contributed by atoms with Crippen LogP contribution in [0.15, 0.2) is 24.3 Å². The lowest BCUT2D eigenvalue weighted by atomic mass is 9.90. The topological polar surface area (TPSA) is 84.3 Å². The van der Waals surface area contributed by atoms with Gasteiger partial charge >= 0.3 is 0 Å². The summed E-state index contributed by atoms with van der Waals surface area (Å²) in [6.45, 7) is 3.08. The zero-order valence-electron chi connectivity index (χ0n) is 18.6. The van der Waals surface area contributed by atoms with Gasteiger partial charge in [-0.3, -0.25) is 14.5 Å². The van der Waals surface area contributed by atoms with E-state index in [1.807, 2.05) is 0 Å². The van der Waals surface area contributed by atoms with Gasteiger partial charge in [0.2, 0.25) is 11.8 Å². The molecular formula is C24H31ClFN3O4. The molecule has 1 aromatic rings. The predicted octanol–water partition coefficient (Wildman–Crippen LogP) is 1.76. The number of hydrogen-bond acceptors (Lipinski definition) is 5. The highest BCUT2D eigenvalue weighted by Crippen LogP contribution is 2.53. The molecule has 7 nitrogen and oxygen atoms in total. The van der Waals surface area contributed by atoms with Crippen molar-refractivity contribution in [3.8, 4) is 0 Å². The Morgan fingerprint density at radius 3 is 2.70 bits per heavy atom. The molecule has 9 heteroatoms.